The van der Waals surface area contributed by atoms with Crippen molar-refractivity contribution in [3.63, 3.8) is 0 Å². The zero-order valence-corrected chi connectivity index (χ0v) is 11.4. The van der Waals surface area contributed by atoms with Gasteiger partial charge in [-0.1, -0.05) is 0 Å². The van der Waals surface area contributed by atoms with Gasteiger partial charge in [-0.3, -0.25) is 0 Å². The molecule has 6 nitrogen and oxygen atoms in total. The number of H-pyrrole nitrogens is 1. The van der Waals surface area contributed by atoms with E-state index in [4.69, 9.17) is 10.4 Å². The first-order valence-electron chi connectivity index (χ1n) is 6.84. The highest BCUT2D eigenvalue weighted by Gasteiger charge is 2.24. The van der Waals surface area contributed by atoms with Crippen LogP contribution in [0.2, 0.25) is 0 Å². The lowest BCUT2D eigenvalue weighted by Gasteiger charge is -2.29. The fourth-order valence-electron chi connectivity index (χ4n) is 2.92. The van der Waals surface area contributed by atoms with E-state index in [1.807, 2.05) is 18.3 Å². The zero-order valence-electron chi connectivity index (χ0n) is 11.4. The first-order valence-corrected chi connectivity index (χ1v) is 6.84. The monoisotopic (exact) mass is 285 g/mol. The summed E-state index contributed by atoms with van der Waals surface area (Å²) < 4.78 is 0. The number of rotatable bonds is 2. The van der Waals surface area contributed by atoms with Crippen molar-refractivity contribution >= 4 is 17.1 Å². The SMILES string of the molecule is N#Cc1ccc2[nH]cc(C3CCN(OC(=O)O)CC3)c2c1. The van der Waals surface area contributed by atoms with Crippen molar-refractivity contribution in [2.75, 3.05) is 13.1 Å². The maximum absolute atomic E-state index is 10.5. The smallest absolute Gasteiger partial charge is 0.448 e. The number of hydrogen-bond acceptors (Lipinski definition) is 4. The summed E-state index contributed by atoms with van der Waals surface area (Å²) in [6.45, 7) is 1.17. The van der Waals surface area contributed by atoms with Crippen molar-refractivity contribution in [2.24, 2.45) is 0 Å². The topological polar surface area (TPSA) is 89.4 Å². The largest absolute Gasteiger partial charge is 0.525 e. The van der Waals surface area contributed by atoms with E-state index in [1.165, 1.54) is 10.6 Å². The first kappa shape index (κ1) is 13.5. The highest BCUT2D eigenvalue weighted by atomic mass is 16.8. The maximum atomic E-state index is 10.5. The van der Waals surface area contributed by atoms with Gasteiger partial charge in [0.05, 0.1) is 11.6 Å². The number of hydrogen-bond donors (Lipinski definition) is 2. The molecular formula is C15H15N3O3. The van der Waals surface area contributed by atoms with E-state index < -0.39 is 6.16 Å². The Morgan fingerprint density at radius 1 is 1.43 bits per heavy atom. The third kappa shape index (κ3) is 2.69. The molecule has 1 aromatic carbocycles. The lowest BCUT2D eigenvalue weighted by molar-refractivity contribution is -0.131. The Morgan fingerprint density at radius 3 is 2.86 bits per heavy atom. The molecule has 0 spiro atoms. The predicted octanol–water partition coefficient (Wildman–Crippen LogP) is 2.83. The summed E-state index contributed by atoms with van der Waals surface area (Å²) in [7, 11) is 0. The standard InChI is InChI=1S/C15H15N3O3/c16-8-10-1-2-14-12(7-10)13(9-17-14)11-3-5-18(6-4-11)21-15(19)20/h1-2,7,9,11,17H,3-6H2,(H,19,20). The minimum atomic E-state index is -1.26. The molecule has 1 aromatic heterocycles. The number of aromatic amines is 1. The van der Waals surface area contributed by atoms with Crippen LogP contribution in [0.3, 0.4) is 0 Å². The van der Waals surface area contributed by atoms with Crippen molar-refractivity contribution in [1.82, 2.24) is 10.0 Å². The van der Waals surface area contributed by atoms with Gasteiger partial charge in [0.15, 0.2) is 0 Å². The van der Waals surface area contributed by atoms with Gasteiger partial charge < -0.3 is 14.9 Å². The van der Waals surface area contributed by atoms with Crippen LogP contribution in [0.1, 0.15) is 29.9 Å². The van der Waals surface area contributed by atoms with Gasteiger partial charge in [-0.25, -0.2) is 4.79 Å². The second-order valence-corrected chi connectivity index (χ2v) is 5.18. The van der Waals surface area contributed by atoms with Gasteiger partial charge in [0.25, 0.3) is 0 Å². The van der Waals surface area contributed by atoms with E-state index in [1.54, 1.807) is 6.07 Å². The zero-order chi connectivity index (χ0) is 14.8. The Balaban J connectivity index is 1.79. The molecule has 1 fully saturated rings. The van der Waals surface area contributed by atoms with E-state index in [2.05, 4.69) is 15.9 Å². The predicted molar refractivity (Wildman–Crippen MR) is 75.7 cm³/mol. The number of nitrogens with one attached hydrogen (secondary N) is 1. The van der Waals surface area contributed by atoms with Gasteiger partial charge in [0.2, 0.25) is 0 Å². The van der Waals surface area contributed by atoms with E-state index in [0.29, 0.717) is 24.6 Å². The van der Waals surface area contributed by atoms with Crippen LogP contribution in [-0.2, 0) is 4.84 Å². The van der Waals surface area contributed by atoms with Gasteiger partial charge in [-0.2, -0.15) is 5.26 Å². The van der Waals surface area contributed by atoms with Crippen LogP contribution in [-0.4, -0.2) is 34.4 Å². The number of aromatic nitrogens is 1. The number of hydroxylamine groups is 2. The van der Waals surface area contributed by atoms with E-state index in [-0.39, 0.29) is 0 Å². The number of benzene rings is 1. The highest BCUT2D eigenvalue weighted by Crippen LogP contribution is 2.33. The lowest BCUT2D eigenvalue weighted by Crippen LogP contribution is -2.34. The fourth-order valence-corrected chi connectivity index (χ4v) is 2.92. The van der Waals surface area contributed by atoms with Crippen LogP contribution >= 0.6 is 0 Å². The van der Waals surface area contributed by atoms with Gasteiger partial charge in [-0.05, 0) is 42.5 Å². The molecule has 21 heavy (non-hydrogen) atoms. The molecule has 3 rings (SSSR count). The number of carbonyl (C=O) groups is 1. The Morgan fingerprint density at radius 2 is 2.19 bits per heavy atom. The van der Waals surface area contributed by atoms with Crippen molar-refractivity contribution in [3.05, 3.63) is 35.5 Å². The second-order valence-electron chi connectivity index (χ2n) is 5.18. The van der Waals surface area contributed by atoms with Crippen LogP contribution in [0, 0.1) is 11.3 Å². The molecule has 2 heterocycles. The maximum Gasteiger partial charge on any atom is 0.525 e. The molecule has 0 bridgehead atoms. The molecule has 6 heteroatoms. The van der Waals surface area contributed by atoms with E-state index in [9.17, 15) is 4.79 Å². The molecular weight excluding hydrogens is 270 g/mol. The number of nitrogens with zero attached hydrogens (tertiary/aromatic N) is 2. The molecule has 0 aliphatic carbocycles. The molecule has 2 aromatic rings. The molecule has 0 saturated carbocycles. The van der Waals surface area contributed by atoms with Gasteiger partial charge in [-0.15, -0.1) is 5.06 Å². The van der Waals surface area contributed by atoms with E-state index in [0.717, 1.165) is 23.7 Å². The van der Waals surface area contributed by atoms with Crippen LogP contribution < -0.4 is 0 Å². The van der Waals surface area contributed by atoms with Crippen molar-refractivity contribution in [1.29, 1.82) is 5.26 Å². The summed E-state index contributed by atoms with van der Waals surface area (Å²) in [6, 6.07) is 7.78. The molecule has 0 atom stereocenters. The molecule has 2 N–H and O–H groups in total. The summed E-state index contributed by atoms with van der Waals surface area (Å²) in [5, 5.41) is 20.2. The first-order chi connectivity index (χ1) is 10.2. The van der Waals surface area contributed by atoms with E-state index >= 15 is 0 Å². The number of fused-ring (bicyclic) bond motifs is 1. The molecule has 0 unspecified atom stereocenters. The minimum Gasteiger partial charge on any atom is -0.448 e. The third-order valence-electron chi connectivity index (χ3n) is 3.94. The average molecular weight is 285 g/mol. The summed E-state index contributed by atoms with van der Waals surface area (Å²) in [5.74, 6) is 0.348. The summed E-state index contributed by atoms with van der Waals surface area (Å²) in [6.07, 6.45) is 2.39. The second kappa shape index (κ2) is 5.46. The molecule has 108 valence electrons. The Kier molecular flexibility index (Phi) is 3.50. The van der Waals surface area contributed by atoms with Crippen LogP contribution in [0.25, 0.3) is 10.9 Å². The van der Waals surface area contributed by atoms with Crippen molar-refractivity contribution in [3.8, 4) is 6.07 Å². The average Bonchev–Trinajstić information content (AvgIpc) is 2.90. The minimum absolute atomic E-state index is 0.348. The van der Waals surface area contributed by atoms with Crippen LogP contribution in [0.5, 0.6) is 0 Å². The Hall–Kier alpha value is -2.52. The number of nitriles is 1. The van der Waals surface area contributed by atoms with Gasteiger partial charge in [0, 0.05) is 30.2 Å². The van der Waals surface area contributed by atoms with Crippen molar-refractivity contribution < 1.29 is 14.7 Å². The highest BCUT2D eigenvalue weighted by molar-refractivity contribution is 5.85. The normalized spacial score (nSPS) is 16.7. The third-order valence-corrected chi connectivity index (χ3v) is 3.94. The van der Waals surface area contributed by atoms with Crippen LogP contribution in [0.15, 0.2) is 24.4 Å². The number of carboxylic acid groups (broad SMARTS) is 1. The number of piperidine rings is 1. The molecule has 0 amide bonds. The Bertz CT molecular complexity index is 709. The summed E-state index contributed by atoms with van der Waals surface area (Å²) in [5.41, 5.74) is 2.86. The lowest BCUT2D eigenvalue weighted by atomic mass is 9.89. The fraction of sp³-hybridized carbons (Fsp3) is 0.333. The molecule has 1 aliphatic rings. The van der Waals surface area contributed by atoms with Crippen molar-refractivity contribution in [2.45, 2.75) is 18.8 Å². The van der Waals surface area contributed by atoms with Gasteiger partial charge in [0.1, 0.15) is 0 Å². The molecule has 1 aliphatic heterocycles. The van der Waals surface area contributed by atoms with Crippen LogP contribution in [0.4, 0.5) is 4.79 Å². The molecule has 0 radical (unpaired) electrons. The Labute approximate surface area is 121 Å². The quantitative estimate of drug-likeness (QED) is 0.885. The summed E-state index contributed by atoms with van der Waals surface area (Å²) in [4.78, 5) is 18.4. The van der Waals surface area contributed by atoms with Gasteiger partial charge >= 0.3 is 6.16 Å². The summed E-state index contributed by atoms with van der Waals surface area (Å²) >= 11 is 0. The molecule has 1 saturated heterocycles.